The van der Waals surface area contributed by atoms with E-state index in [1.165, 1.54) is 109 Å². The Morgan fingerprint density at radius 2 is 0.893 bits per heavy atom. The minimum Gasteiger partial charge on any atom is -0.466 e. The quantitative estimate of drug-likeness (QED) is 0.0325. The van der Waals surface area contributed by atoms with Gasteiger partial charge in [0.25, 0.3) is 0 Å². The van der Waals surface area contributed by atoms with Crippen LogP contribution in [0.3, 0.4) is 0 Å². The van der Waals surface area contributed by atoms with E-state index in [9.17, 15) is 19.8 Å². The van der Waals surface area contributed by atoms with Gasteiger partial charge >= 0.3 is 5.97 Å². The normalized spacial score (nSPS) is 13.1. The van der Waals surface area contributed by atoms with Gasteiger partial charge in [-0.15, -0.1) is 0 Å². The molecule has 0 aromatic heterocycles. The zero-order chi connectivity index (χ0) is 40.8. The first-order valence-electron chi connectivity index (χ1n) is 23.9. The lowest BCUT2D eigenvalue weighted by Crippen LogP contribution is -2.45. The van der Waals surface area contributed by atoms with Crippen molar-refractivity contribution >= 4 is 11.9 Å². The number of aliphatic hydroxyl groups excluding tert-OH is 2. The molecule has 56 heavy (non-hydrogen) atoms. The lowest BCUT2D eigenvalue weighted by Gasteiger charge is -2.20. The molecule has 0 saturated heterocycles. The van der Waals surface area contributed by atoms with Crippen molar-refractivity contribution in [3.63, 3.8) is 0 Å². The largest absolute Gasteiger partial charge is 0.466 e. The van der Waals surface area contributed by atoms with E-state index in [1.807, 2.05) is 6.08 Å². The fourth-order valence-electron chi connectivity index (χ4n) is 6.83. The van der Waals surface area contributed by atoms with Crippen LogP contribution >= 0.6 is 0 Å². The van der Waals surface area contributed by atoms with Crippen molar-refractivity contribution in [1.82, 2.24) is 5.32 Å². The minimum atomic E-state index is -0.863. The zero-order valence-electron chi connectivity index (χ0n) is 36.8. The number of rotatable bonds is 43. The predicted octanol–water partition coefficient (Wildman–Crippen LogP) is 13.9. The minimum absolute atomic E-state index is 0.0479. The van der Waals surface area contributed by atoms with Gasteiger partial charge in [-0.3, -0.25) is 9.59 Å². The number of allylic oxidation sites excluding steroid dienone is 7. The van der Waals surface area contributed by atoms with Gasteiger partial charge in [0, 0.05) is 12.8 Å². The van der Waals surface area contributed by atoms with Crippen molar-refractivity contribution in [3.05, 3.63) is 48.6 Å². The Morgan fingerprint density at radius 1 is 0.500 bits per heavy atom. The van der Waals surface area contributed by atoms with Crippen LogP contribution in [-0.2, 0) is 14.3 Å². The molecule has 6 heteroatoms. The monoisotopic (exact) mass is 786 g/mol. The SMILES string of the molecule is CCCCCC/C=C\C/C=C\CCCCCCCC(=O)OCCCC/C=C\CCCCCCCC(=O)NC(CO)C(O)/C=C/CCCCCCCCCCCC. The van der Waals surface area contributed by atoms with Gasteiger partial charge in [0.2, 0.25) is 5.91 Å². The van der Waals surface area contributed by atoms with E-state index >= 15 is 0 Å². The van der Waals surface area contributed by atoms with Gasteiger partial charge in [-0.25, -0.2) is 0 Å². The molecule has 0 heterocycles. The van der Waals surface area contributed by atoms with Crippen LogP contribution in [-0.4, -0.2) is 47.4 Å². The van der Waals surface area contributed by atoms with Crippen LogP contribution in [0.15, 0.2) is 48.6 Å². The summed E-state index contributed by atoms with van der Waals surface area (Å²) in [5.74, 6) is -0.149. The van der Waals surface area contributed by atoms with Gasteiger partial charge in [-0.2, -0.15) is 0 Å². The van der Waals surface area contributed by atoms with Crippen LogP contribution < -0.4 is 5.32 Å². The number of amides is 1. The zero-order valence-corrected chi connectivity index (χ0v) is 36.8. The Hall–Kier alpha value is -2.18. The summed E-state index contributed by atoms with van der Waals surface area (Å²) in [7, 11) is 0. The van der Waals surface area contributed by atoms with Gasteiger partial charge in [-0.05, 0) is 89.9 Å². The van der Waals surface area contributed by atoms with E-state index in [4.69, 9.17) is 4.74 Å². The van der Waals surface area contributed by atoms with Gasteiger partial charge in [0.05, 0.1) is 25.4 Å². The Kier molecular flexibility index (Phi) is 43.7. The van der Waals surface area contributed by atoms with Crippen molar-refractivity contribution in [2.24, 2.45) is 0 Å². The van der Waals surface area contributed by atoms with Crippen LogP contribution in [0, 0.1) is 0 Å². The third kappa shape index (κ3) is 41.5. The number of hydrogen-bond donors (Lipinski definition) is 3. The average Bonchev–Trinajstić information content (AvgIpc) is 3.20. The van der Waals surface area contributed by atoms with Crippen molar-refractivity contribution in [3.8, 4) is 0 Å². The summed E-state index contributed by atoms with van der Waals surface area (Å²) >= 11 is 0. The number of ether oxygens (including phenoxy) is 1. The van der Waals surface area contributed by atoms with Crippen molar-refractivity contribution < 1.29 is 24.5 Å². The molecule has 0 radical (unpaired) electrons. The van der Waals surface area contributed by atoms with E-state index in [1.54, 1.807) is 6.08 Å². The molecule has 0 rings (SSSR count). The first-order valence-corrected chi connectivity index (χ1v) is 23.9. The smallest absolute Gasteiger partial charge is 0.305 e. The fraction of sp³-hybridized carbons (Fsp3) is 0.800. The molecule has 3 N–H and O–H groups in total. The first kappa shape index (κ1) is 53.8. The van der Waals surface area contributed by atoms with E-state index in [-0.39, 0.29) is 18.5 Å². The summed E-state index contributed by atoms with van der Waals surface area (Å²) in [6.45, 7) is 4.77. The highest BCUT2D eigenvalue weighted by molar-refractivity contribution is 5.76. The van der Waals surface area contributed by atoms with E-state index < -0.39 is 12.1 Å². The molecule has 0 bridgehead atoms. The topological polar surface area (TPSA) is 95.9 Å². The van der Waals surface area contributed by atoms with Gasteiger partial charge < -0.3 is 20.3 Å². The molecule has 0 aliphatic carbocycles. The Labute approximate surface area is 346 Å². The lowest BCUT2D eigenvalue weighted by atomic mass is 10.1. The fourth-order valence-corrected chi connectivity index (χ4v) is 6.83. The van der Waals surface area contributed by atoms with Gasteiger partial charge in [0.1, 0.15) is 0 Å². The molecule has 0 saturated carbocycles. The molecular weight excluding hydrogens is 695 g/mol. The number of aliphatic hydroxyl groups is 2. The maximum absolute atomic E-state index is 12.4. The second-order valence-corrected chi connectivity index (χ2v) is 16.1. The molecule has 6 nitrogen and oxygen atoms in total. The molecule has 0 spiro atoms. The van der Waals surface area contributed by atoms with Crippen LogP contribution in [0.4, 0.5) is 0 Å². The van der Waals surface area contributed by atoms with Crippen LogP contribution in [0.25, 0.3) is 0 Å². The highest BCUT2D eigenvalue weighted by Crippen LogP contribution is 2.13. The van der Waals surface area contributed by atoms with Gasteiger partial charge in [-0.1, -0.05) is 178 Å². The van der Waals surface area contributed by atoms with E-state index in [0.717, 1.165) is 96.3 Å². The Morgan fingerprint density at radius 3 is 1.39 bits per heavy atom. The molecule has 0 aliphatic rings. The van der Waals surface area contributed by atoms with Gasteiger partial charge in [0.15, 0.2) is 0 Å². The first-order chi connectivity index (χ1) is 27.5. The summed E-state index contributed by atoms with van der Waals surface area (Å²) in [5, 5.41) is 22.9. The highest BCUT2D eigenvalue weighted by Gasteiger charge is 2.18. The second-order valence-electron chi connectivity index (χ2n) is 16.1. The number of unbranched alkanes of at least 4 members (excludes halogenated alkanes) is 26. The molecule has 0 aliphatic heterocycles. The Bertz CT molecular complexity index is 957. The molecule has 0 aromatic carbocycles. The van der Waals surface area contributed by atoms with E-state index in [2.05, 4.69) is 55.6 Å². The van der Waals surface area contributed by atoms with Crippen molar-refractivity contribution in [2.75, 3.05) is 13.2 Å². The predicted molar refractivity (Wildman–Crippen MR) is 241 cm³/mol. The van der Waals surface area contributed by atoms with Crippen molar-refractivity contribution in [2.45, 2.75) is 244 Å². The van der Waals surface area contributed by atoms with Crippen LogP contribution in [0.5, 0.6) is 0 Å². The second kappa shape index (κ2) is 45.5. The molecule has 0 aromatic rings. The molecule has 1 amide bonds. The molecular formula is C50H91NO5. The molecule has 326 valence electrons. The summed E-state index contributed by atoms with van der Waals surface area (Å²) in [4.78, 5) is 24.4. The number of hydrogen-bond acceptors (Lipinski definition) is 5. The third-order valence-corrected chi connectivity index (χ3v) is 10.6. The average molecular weight is 786 g/mol. The molecule has 0 fully saturated rings. The standard InChI is InChI=1S/C50H91NO5/c1-3-5-7-9-11-13-15-17-18-19-20-24-28-32-36-40-44-50(55)56-45-41-37-33-29-25-21-23-27-31-35-39-43-49(54)51-47(46-52)48(53)42-38-34-30-26-22-16-14-12-10-8-6-4-2/h13,15,18-19,25,29,38,42,47-48,52-53H,3-12,14,16-17,20-24,26-28,30-37,39-41,43-46H2,1-2H3,(H,51,54)/b15-13-,19-18-,29-25-,42-38+. The number of carbonyl (C=O) groups is 2. The third-order valence-electron chi connectivity index (χ3n) is 10.6. The van der Waals surface area contributed by atoms with Crippen LogP contribution in [0.1, 0.15) is 232 Å². The summed E-state index contributed by atoms with van der Waals surface area (Å²) in [6.07, 6.45) is 55.3. The summed E-state index contributed by atoms with van der Waals surface area (Å²) in [5.41, 5.74) is 0. The number of esters is 1. The van der Waals surface area contributed by atoms with Crippen molar-refractivity contribution in [1.29, 1.82) is 0 Å². The highest BCUT2D eigenvalue weighted by atomic mass is 16.5. The van der Waals surface area contributed by atoms with E-state index in [0.29, 0.717) is 19.4 Å². The number of carbonyl (C=O) groups excluding carboxylic acids is 2. The molecule has 2 unspecified atom stereocenters. The summed E-state index contributed by atoms with van der Waals surface area (Å²) in [6, 6.07) is -0.649. The maximum atomic E-state index is 12.4. The van der Waals surface area contributed by atoms with Crippen LogP contribution in [0.2, 0.25) is 0 Å². The number of nitrogens with one attached hydrogen (secondary N) is 1. The molecule has 2 atom stereocenters. The summed E-state index contributed by atoms with van der Waals surface area (Å²) < 4.78 is 5.42. The maximum Gasteiger partial charge on any atom is 0.305 e. The Balaban J connectivity index is 3.57. The lowest BCUT2D eigenvalue weighted by molar-refractivity contribution is -0.143.